The lowest BCUT2D eigenvalue weighted by molar-refractivity contribution is -0.275. The number of rotatable bonds is 2. The molecule has 0 unspecified atom stereocenters. The van der Waals surface area contributed by atoms with E-state index in [0.717, 1.165) is 19.2 Å². The number of hydrogen-bond donors (Lipinski definition) is 0. The predicted molar refractivity (Wildman–Crippen MR) is 49.1 cm³/mol. The lowest BCUT2D eigenvalue weighted by Gasteiger charge is -2.12. The summed E-state index contributed by atoms with van der Waals surface area (Å²) in [6.07, 6.45) is -5.18. The Morgan fingerprint density at radius 3 is 2.44 bits per heavy atom. The normalized spacial score (nSPS) is 10.7. The number of alkyl halides is 3. The SMILES string of the molecule is COC(=O)c1ccc(C#N)c(OC(F)(F)F)c1F. The predicted octanol–water partition coefficient (Wildman–Crippen LogP) is 2.38. The number of carbonyl (C=O) groups is 1. The average molecular weight is 263 g/mol. The Balaban J connectivity index is 3.37. The number of benzene rings is 1. The summed E-state index contributed by atoms with van der Waals surface area (Å²) >= 11 is 0. The van der Waals surface area contributed by atoms with E-state index >= 15 is 0 Å². The van der Waals surface area contributed by atoms with Crippen molar-refractivity contribution < 1.29 is 31.8 Å². The fraction of sp³-hybridized carbons (Fsp3) is 0.200. The van der Waals surface area contributed by atoms with Gasteiger partial charge in [-0.15, -0.1) is 13.2 Å². The number of nitrogens with zero attached hydrogens (tertiary/aromatic N) is 1. The van der Waals surface area contributed by atoms with Crippen molar-refractivity contribution in [1.82, 2.24) is 0 Å². The fourth-order valence-corrected chi connectivity index (χ4v) is 1.13. The van der Waals surface area contributed by atoms with E-state index in [9.17, 15) is 22.4 Å². The lowest BCUT2D eigenvalue weighted by atomic mass is 10.1. The highest BCUT2D eigenvalue weighted by atomic mass is 19.4. The van der Waals surface area contributed by atoms with Gasteiger partial charge in [0.1, 0.15) is 6.07 Å². The average Bonchev–Trinajstić information content (AvgIpc) is 2.29. The number of carbonyl (C=O) groups excluding carboxylic acids is 1. The molecule has 0 N–H and O–H groups in total. The summed E-state index contributed by atoms with van der Waals surface area (Å²) in [6.45, 7) is 0. The summed E-state index contributed by atoms with van der Waals surface area (Å²) in [5, 5.41) is 8.55. The molecule has 0 bridgehead atoms. The van der Waals surface area contributed by atoms with Gasteiger partial charge in [-0.25, -0.2) is 9.18 Å². The first-order valence-electron chi connectivity index (χ1n) is 4.36. The van der Waals surface area contributed by atoms with E-state index in [1.807, 2.05) is 0 Å². The van der Waals surface area contributed by atoms with E-state index in [4.69, 9.17) is 5.26 Å². The van der Waals surface area contributed by atoms with Gasteiger partial charge in [-0.2, -0.15) is 5.26 Å². The van der Waals surface area contributed by atoms with Gasteiger partial charge >= 0.3 is 12.3 Å². The number of ether oxygens (including phenoxy) is 2. The minimum absolute atomic E-state index is 0.683. The fourth-order valence-electron chi connectivity index (χ4n) is 1.13. The van der Waals surface area contributed by atoms with Crippen LogP contribution < -0.4 is 4.74 Å². The summed E-state index contributed by atoms with van der Waals surface area (Å²) in [4.78, 5) is 11.1. The van der Waals surface area contributed by atoms with E-state index in [-0.39, 0.29) is 0 Å². The Bertz CT molecular complexity index is 519. The van der Waals surface area contributed by atoms with Crippen LogP contribution >= 0.6 is 0 Å². The van der Waals surface area contributed by atoms with Gasteiger partial charge in [0.25, 0.3) is 0 Å². The van der Waals surface area contributed by atoms with Gasteiger partial charge in [0.05, 0.1) is 18.2 Å². The molecule has 0 spiro atoms. The van der Waals surface area contributed by atoms with Crippen molar-refractivity contribution in [3.05, 3.63) is 29.1 Å². The molecule has 0 atom stereocenters. The third kappa shape index (κ3) is 2.88. The molecule has 96 valence electrons. The van der Waals surface area contributed by atoms with Crippen molar-refractivity contribution in [2.75, 3.05) is 7.11 Å². The minimum atomic E-state index is -5.18. The quantitative estimate of drug-likeness (QED) is 0.607. The molecule has 1 rings (SSSR count). The summed E-state index contributed by atoms with van der Waals surface area (Å²) < 4.78 is 57.3. The maximum atomic E-state index is 13.6. The molecule has 4 nitrogen and oxygen atoms in total. The van der Waals surface area contributed by atoms with Gasteiger partial charge < -0.3 is 9.47 Å². The van der Waals surface area contributed by atoms with Gasteiger partial charge in [0.15, 0.2) is 11.6 Å². The Labute approximate surface area is 98.3 Å². The van der Waals surface area contributed by atoms with Crippen LogP contribution in [0.2, 0.25) is 0 Å². The maximum absolute atomic E-state index is 13.6. The van der Waals surface area contributed by atoms with Crippen molar-refractivity contribution >= 4 is 5.97 Å². The first-order valence-corrected chi connectivity index (χ1v) is 4.36. The minimum Gasteiger partial charge on any atom is -0.465 e. The Morgan fingerprint density at radius 2 is 2.00 bits per heavy atom. The molecular weight excluding hydrogens is 258 g/mol. The standard InChI is InChI=1S/C10H5F4NO3/c1-17-9(16)6-3-2-5(4-15)8(7(6)11)18-10(12,13)14/h2-3H,1H3. The zero-order valence-corrected chi connectivity index (χ0v) is 8.84. The van der Waals surface area contributed by atoms with Crippen LogP contribution in [0.5, 0.6) is 5.75 Å². The summed E-state index contributed by atoms with van der Waals surface area (Å²) in [7, 11) is 0.935. The molecule has 0 aliphatic heterocycles. The third-order valence-corrected chi connectivity index (χ3v) is 1.84. The molecule has 8 heteroatoms. The summed E-state index contributed by atoms with van der Waals surface area (Å²) in [6, 6.07) is 2.99. The molecule has 0 radical (unpaired) electrons. The van der Waals surface area contributed by atoms with Gasteiger partial charge in [-0.1, -0.05) is 0 Å². The highest BCUT2D eigenvalue weighted by molar-refractivity contribution is 5.90. The van der Waals surface area contributed by atoms with Gasteiger partial charge in [-0.3, -0.25) is 0 Å². The Morgan fingerprint density at radius 1 is 1.39 bits per heavy atom. The number of halogens is 4. The maximum Gasteiger partial charge on any atom is 0.573 e. The molecule has 0 amide bonds. The second-order valence-electron chi connectivity index (χ2n) is 2.95. The molecular formula is C10H5F4NO3. The van der Waals surface area contributed by atoms with Crippen LogP contribution in [0.1, 0.15) is 15.9 Å². The molecule has 0 fully saturated rings. The highest BCUT2D eigenvalue weighted by Crippen LogP contribution is 2.31. The van der Waals surface area contributed by atoms with Crippen LogP contribution in [0, 0.1) is 17.1 Å². The van der Waals surface area contributed by atoms with Gasteiger partial charge in [-0.05, 0) is 12.1 Å². The smallest absolute Gasteiger partial charge is 0.465 e. The van der Waals surface area contributed by atoms with Crippen molar-refractivity contribution in [1.29, 1.82) is 5.26 Å². The first kappa shape index (κ1) is 13.8. The molecule has 0 aliphatic carbocycles. The summed E-state index contributed by atoms with van der Waals surface area (Å²) in [5.74, 6) is -4.13. The van der Waals surface area contributed by atoms with E-state index in [0.29, 0.717) is 0 Å². The number of methoxy groups -OCH3 is 1. The topological polar surface area (TPSA) is 59.3 Å². The number of hydrogen-bond acceptors (Lipinski definition) is 4. The molecule has 0 aromatic heterocycles. The largest absolute Gasteiger partial charge is 0.573 e. The number of esters is 1. The molecule has 0 aliphatic rings. The first-order chi connectivity index (χ1) is 8.30. The Hall–Kier alpha value is -2.30. The Kier molecular flexibility index (Phi) is 3.76. The highest BCUT2D eigenvalue weighted by Gasteiger charge is 2.35. The molecule has 0 heterocycles. The second kappa shape index (κ2) is 4.91. The van der Waals surface area contributed by atoms with Crippen LogP contribution in [0.4, 0.5) is 17.6 Å². The lowest BCUT2D eigenvalue weighted by Crippen LogP contribution is -2.20. The molecule has 0 saturated carbocycles. The molecule has 18 heavy (non-hydrogen) atoms. The summed E-state index contributed by atoms with van der Waals surface area (Å²) in [5.41, 5.74) is -1.44. The van der Waals surface area contributed by atoms with Crippen LogP contribution in [-0.2, 0) is 4.74 Å². The molecule has 1 aromatic carbocycles. The van der Waals surface area contributed by atoms with E-state index < -0.39 is 35.0 Å². The monoisotopic (exact) mass is 263 g/mol. The van der Waals surface area contributed by atoms with Crippen molar-refractivity contribution in [2.24, 2.45) is 0 Å². The zero-order valence-electron chi connectivity index (χ0n) is 8.84. The van der Waals surface area contributed by atoms with Crippen LogP contribution in [0.25, 0.3) is 0 Å². The van der Waals surface area contributed by atoms with E-state index in [1.54, 1.807) is 0 Å². The second-order valence-corrected chi connectivity index (χ2v) is 2.95. The van der Waals surface area contributed by atoms with Crippen LogP contribution in [-0.4, -0.2) is 19.4 Å². The van der Waals surface area contributed by atoms with Crippen LogP contribution in [0.3, 0.4) is 0 Å². The van der Waals surface area contributed by atoms with E-state index in [2.05, 4.69) is 9.47 Å². The van der Waals surface area contributed by atoms with Gasteiger partial charge in [0, 0.05) is 0 Å². The van der Waals surface area contributed by atoms with E-state index in [1.165, 1.54) is 6.07 Å². The van der Waals surface area contributed by atoms with Gasteiger partial charge in [0.2, 0.25) is 0 Å². The molecule has 0 saturated heterocycles. The van der Waals surface area contributed by atoms with Crippen LogP contribution in [0.15, 0.2) is 12.1 Å². The number of nitriles is 1. The van der Waals surface area contributed by atoms with Crippen molar-refractivity contribution in [3.8, 4) is 11.8 Å². The third-order valence-electron chi connectivity index (χ3n) is 1.84. The zero-order chi connectivity index (χ0) is 13.9. The van der Waals surface area contributed by atoms with Crippen molar-refractivity contribution in [2.45, 2.75) is 6.36 Å². The molecule has 1 aromatic rings. The van der Waals surface area contributed by atoms with Crippen molar-refractivity contribution in [3.63, 3.8) is 0 Å².